The predicted octanol–water partition coefficient (Wildman–Crippen LogP) is 7.30. The molecule has 0 spiro atoms. The average Bonchev–Trinajstić information content (AvgIpc) is 3.80. The zero-order valence-corrected chi connectivity index (χ0v) is 39.3. The highest BCUT2D eigenvalue weighted by Crippen LogP contribution is 2.72. The van der Waals surface area contributed by atoms with Gasteiger partial charge in [0.1, 0.15) is 30.1 Å². The topological polar surface area (TPSA) is 163 Å². The quantitative estimate of drug-likeness (QED) is 0.107. The van der Waals surface area contributed by atoms with E-state index in [2.05, 4.69) is 0 Å². The van der Waals surface area contributed by atoms with E-state index >= 15 is 8.78 Å². The fraction of sp³-hybridized carbons (Fsp3) is 0.596. The molecule has 7 rings (SSSR count). The molecule has 2 N–H and O–H groups in total. The molecule has 66 heavy (non-hydrogen) atoms. The van der Waals surface area contributed by atoms with E-state index < -0.39 is 76.8 Å². The van der Waals surface area contributed by atoms with Crippen LogP contribution in [0.2, 0.25) is 0 Å². The van der Waals surface area contributed by atoms with Crippen molar-refractivity contribution in [2.24, 2.45) is 22.7 Å². The van der Waals surface area contributed by atoms with E-state index in [0.717, 1.165) is 22.8 Å². The summed E-state index contributed by atoms with van der Waals surface area (Å²) in [6.07, 6.45) is 3.78. The minimum atomic E-state index is -2.33. The number of halogens is 2. The van der Waals surface area contributed by atoms with Gasteiger partial charge in [-0.1, -0.05) is 61.5 Å². The minimum absolute atomic E-state index is 0.0187. The second-order valence-corrected chi connectivity index (χ2v) is 20.4. The summed E-state index contributed by atoms with van der Waals surface area (Å²) < 4.78 is 58.0. The molecule has 11 atom stereocenters. The van der Waals surface area contributed by atoms with Gasteiger partial charge < -0.3 is 29.2 Å². The number of ether oxygens (including phenoxy) is 4. The molecule has 2 aromatic rings. The van der Waals surface area contributed by atoms with Gasteiger partial charge in [0.05, 0.1) is 37.3 Å². The average molecular weight is 935 g/mol. The molecule has 3 saturated carbocycles. The molecule has 14 heteroatoms. The number of hydrogen-bond acceptors (Lipinski definition) is 12. The lowest BCUT2D eigenvalue weighted by molar-refractivity contribution is -0.235. The summed E-state index contributed by atoms with van der Waals surface area (Å²) in [5, 5.41) is 22.1. The van der Waals surface area contributed by atoms with E-state index in [1.807, 2.05) is 61.7 Å². The maximum Gasteiger partial charge on any atom is 0.193 e. The highest BCUT2D eigenvalue weighted by Gasteiger charge is 2.80. The largest absolute Gasteiger partial charge is 0.390 e. The Hall–Kier alpha value is -3.76. The number of alkyl halides is 2. The van der Waals surface area contributed by atoms with E-state index in [-0.39, 0.29) is 66.9 Å². The van der Waals surface area contributed by atoms with Gasteiger partial charge in [-0.15, -0.1) is 0 Å². The van der Waals surface area contributed by atoms with Gasteiger partial charge in [0.25, 0.3) is 0 Å². The van der Waals surface area contributed by atoms with Crippen LogP contribution < -0.4 is 0 Å². The summed E-state index contributed by atoms with van der Waals surface area (Å²) in [5.74, 6) is -2.36. The zero-order chi connectivity index (χ0) is 47.4. The molecule has 1 saturated heterocycles. The molecule has 358 valence electrons. The number of allylic oxidation sites excluding steroid dienone is 4. The molecule has 0 amide bonds. The van der Waals surface area contributed by atoms with Crippen LogP contribution in [0.3, 0.4) is 0 Å². The van der Waals surface area contributed by atoms with Gasteiger partial charge in [-0.2, -0.15) is 11.8 Å². The molecule has 5 aliphatic rings. The van der Waals surface area contributed by atoms with E-state index in [4.69, 9.17) is 18.9 Å². The van der Waals surface area contributed by atoms with Gasteiger partial charge in [-0.05, 0) is 99.0 Å². The molecular weight excluding hydrogens is 871 g/mol. The van der Waals surface area contributed by atoms with Crippen molar-refractivity contribution < 1.29 is 61.9 Å². The second kappa shape index (κ2) is 20.9. The molecule has 0 aromatic heterocycles. The van der Waals surface area contributed by atoms with Crippen LogP contribution >= 0.6 is 11.8 Å². The smallest absolute Gasteiger partial charge is 0.193 e. The number of carbonyl (C=O) groups excluding carboxylic acids is 5. The molecule has 1 heterocycles. The zero-order valence-electron chi connectivity index (χ0n) is 38.4. The van der Waals surface area contributed by atoms with E-state index in [0.29, 0.717) is 63.9 Å². The summed E-state index contributed by atoms with van der Waals surface area (Å²) in [5.41, 5.74) is -3.30. The Bertz CT molecular complexity index is 2200. The van der Waals surface area contributed by atoms with Gasteiger partial charge in [0.15, 0.2) is 29.1 Å². The third kappa shape index (κ3) is 9.62. The SMILES string of the molecule is CSC(C)C(=O)CCCC(=O)CCCOCCOCCC(=O)Cc1cccc(Cc2ccc([C@@H]3O[C@@H]4C[C@H]5[C@@H]6C[C@H](F)C7=CC(=O)C=C[C@]7(C)[C@@]6(F)[C@@H](O)C[C@]5(C)[C@]4(C(=O)CO)O3)cc2)c1. The van der Waals surface area contributed by atoms with Crippen LogP contribution in [0.4, 0.5) is 8.78 Å². The highest BCUT2D eigenvalue weighted by atomic mass is 32.2. The number of hydrogen-bond donors (Lipinski definition) is 2. The highest BCUT2D eigenvalue weighted by molar-refractivity contribution is 7.99. The number of carbonyl (C=O) groups is 5. The summed E-state index contributed by atoms with van der Waals surface area (Å²) in [7, 11) is 0. The maximum absolute atomic E-state index is 17.7. The van der Waals surface area contributed by atoms with Gasteiger partial charge in [-0.25, -0.2) is 8.78 Å². The molecule has 0 radical (unpaired) electrons. The first kappa shape index (κ1) is 50.1. The molecule has 4 fully saturated rings. The van der Waals surface area contributed by atoms with E-state index in [1.165, 1.54) is 30.8 Å². The summed E-state index contributed by atoms with van der Waals surface area (Å²) in [4.78, 5) is 62.9. The monoisotopic (exact) mass is 934 g/mol. The van der Waals surface area contributed by atoms with Crippen LogP contribution in [0.1, 0.15) is 107 Å². The van der Waals surface area contributed by atoms with Crippen LogP contribution in [0, 0.1) is 22.7 Å². The summed E-state index contributed by atoms with van der Waals surface area (Å²) >= 11 is 1.52. The first-order valence-corrected chi connectivity index (χ1v) is 24.6. The minimum Gasteiger partial charge on any atom is -0.390 e. The van der Waals surface area contributed by atoms with Crippen molar-refractivity contribution in [1.29, 1.82) is 0 Å². The van der Waals surface area contributed by atoms with Crippen LogP contribution in [0.25, 0.3) is 0 Å². The number of Topliss-reactive ketones (excluding diaryl/α,β-unsaturated/α-hetero) is 4. The van der Waals surface area contributed by atoms with Gasteiger partial charge in [0, 0.05) is 61.0 Å². The van der Waals surface area contributed by atoms with Crippen LogP contribution in [-0.2, 0) is 55.8 Å². The van der Waals surface area contributed by atoms with E-state index in [1.54, 1.807) is 6.92 Å². The Labute approximate surface area is 390 Å². The maximum atomic E-state index is 17.7. The Morgan fingerprint density at radius 2 is 1.61 bits per heavy atom. The third-order valence-corrected chi connectivity index (χ3v) is 16.3. The lowest BCUT2D eigenvalue weighted by Crippen LogP contribution is -2.70. The first-order chi connectivity index (χ1) is 31.5. The number of rotatable bonds is 23. The van der Waals surface area contributed by atoms with Gasteiger partial charge >= 0.3 is 0 Å². The van der Waals surface area contributed by atoms with Crippen molar-refractivity contribution in [3.63, 3.8) is 0 Å². The Kier molecular flexibility index (Phi) is 15.8. The van der Waals surface area contributed by atoms with Crippen LogP contribution in [-0.4, -0.2) is 113 Å². The van der Waals surface area contributed by atoms with Crippen LogP contribution in [0.15, 0.2) is 72.3 Å². The molecule has 2 aromatic carbocycles. The molecular formula is C52H64F2O11S. The molecule has 1 unspecified atom stereocenters. The number of ketones is 5. The normalized spacial score (nSPS) is 32.5. The lowest BCUT2D eigenvalue weighted by Gasteiger charge is -2.63. The summed E-state index contributed by atoms with van der Waals surface area (Å²) in [6.45, 7) is 5.76. The first-order valence-electron chi connectivity index (χ1n) is 23.4. The van der Waals surface area contributed by atoms with Crippen molar-refractivity contribution in [3.8, 4) is 0 Å². The van der Waals surface area contributed by atoms with E-state index in [9.17, 15) is 34.2 Å². The number of fused-ring (bicyclic) bond motifs is 7. The van der Waals surface area contributed by atoms with Crippen molar-refractivity contribution in [3.05, 3.63) is 94.6 Å². The van der Waals surface area contributed by atoms with Crippen molar-refractivity contribution in [1.82, 2.24) is 0 Å². The fourth-order valence-electron chi connectivity index (χ4n) is 11.7. The Morgan fingerprint density at radius 3 is 2.33 bits per heavy atom. The fourth-order valence-corrected chi connectivity index (χ4v) is 12.1. The van der Waals surface area contributed by atoms with Crippen LogP contribution in [0.5, 0.6) is 0 Å². The molecule has 4 aliphatic carbocycles. The lowest BCUT2D eigenvalue weighted by atomic mass is 9.44. The summed E-state index contributed by atoms with van der Waals surface area (Å²) in [6, 6.07) is 15.4. The van der Waals surface area contributed by atoms with Crippen molar-refractivity contribution >= 4 is 40.7 Å². The molecule has 1 aliphatic heterocycles. The number of thioether (sulfide) groups is 1. The molecule has 11 nitrogen and oxygen atoms in total. The van der Waals surface area contributed by atoms with Crippen molar-refractivity contribution in [2.45, 2.75) is 133 Å². The van der Waals surface area contributed by atoms with Crippen molar-refractivity contribution in [2.75, 3.05) is 39.3 Å². The third-order valence-electron chi connectivity index (χ3n) is 15.3. The van der Waals surface area contributed by atoms with Gasteiger partial charge in [-0.3, -0.25) is 24.0 Å². The Morgan fingerprint density at radius 1 is 0.894 bits per heavy atom. The van der Waals surface area contributed by atoms with Gasteiger partial charge in [0.2, 0.25) is 0 Å². The Balaban J connectivity index is 0.873. The number of aliphatic hydroxyl groups excluding tert-OH is 2. The number of aliphatic hydroxyl groups is 2. The standard InChI is InChI=1S/C52H64F2O11S/c1-32(66-4)44(59)12-6-10-37(56)11-7-20-62-22-23-63-21-18-39(58)26-35-9-5-8-34(25-35)24-33-13-15-36(16-14-33)48-64-47-29-40-41-28-43(53)42-27-38(57)17-19-49(42,2)51(41,54)45(60)30-50(40,3)52(47,65-48)46(61)31-55/h5,8-9,13-17,19,25,27,32,40-41,43,45,47-48,55,60H,6-7,10-12,18,20-24,26,28-31H2,1-4H3/t32?,40-,41-,43-,45-,47+,48+,49-,50-,51-,52+/m0/s1. The second-order valence-electron chi connectivity index (χ2n) is 19.3. The molecule has 0 bridgehead atoms. The number of benzene rings is 2. The predicted molar refractivity (Wildman–Crippen MR) is 244 cm³/mol.